The Labute approximate surface area is 245 Å². The van der Waals surface area contributed by atoms with E-state index in [0.29, 0.717) is 64.5 Å². The van der Waals surface area contributed by atoms with Crippen LogP contribution < -0.4 is 15.6 Å². The molecule has 14 heteroatoms. The van der Waals surface area contributed by atoms with E-state index in [4.69, 9.17) is 15.0 Å². The maximum Gasteiger partial charge on any atom is 0.410 e. The summed E-state index contributed by atoms with van der Waals surface area (Å²) in [7, 11) is -2.34. The van der Waals surface area contributed by atoms with Gasteiger partial charge in [0.15, 0.2) is 4.21 Å². The topological polar surface area (TPSA) is 159 Å². The minimum Gasteiger partial charge on any atom is -0.447 e. The molecule has 4 heterocycles. The van der Waals surface area contributed by atoms with Crippen LogP contribution in [-0.2, 0) is 21.3 Å². The molecule has 2 aromatic carbocycles. The summed E-state index contributed by atoms with van der Waals surface area (Å²) < 4.78 is 34.1. The number of hydrogen-bond donors (Lipinski definition) is 2. The Hall–Kier alpha value is -4.32. The van der Waals surface area contributed by atoms with Crippen molar-refractivity contribution in [3.05, 3.63) is 69.9 Å². The second-order valence-electron chi connectivity index (χ2n) is 10.3. The Morgan fingerprint density at radius 3 is 2.74 bits per heavy atom. The van der Waals surface area contributed by atoms with Crippen LogP contribution >= 0.6 is 11.3 Å². The third kappa shape index (κ3) is 5.11. The number of sulfonamides is 1. The Morgan fingerprint density at radius 2 is 2.00 bits per heavy atom. The standard InChI is InChI=1S/C28H27N7O5S2/c1-16-32-24-10-21(26-31-13-25(41-26)42(38,39)30-2)23(33-19-7-8-34-20(9-19)15-40-28(34)37)11-22(24)27(36)35(16)14-18-5-3-17(12-29)4-6-18/h3-6,10-11,13,19-20,30,33H,7-9,14-15H2,1-2H3/t19-,20-/m0/s1. The second kappa shape index (κ2) is 10.8. The highest BCUT2D eigenvalue weighted by Crippen LogP contribution is 2.37. The van der Waals surface area contributed by atoms with Gasteiger partial charge in [0.2, 0.25) is 0 Å². The molecule has 2 aliphatic rings. The normalized spacial score (nSPS) is 18.5. The summed E-state index contributed by atoms with van der Waals surface area (Å²) >= 11 is 1.03. The number of nitrogens with zero attached hydrogens (tertiary/aromatic N) is 5. The third-order valence-electron chi connectivity index (χ3n) is 7.67. The largest absolute Gasteiger partial charge is 0.447 e. The number of cyclic esters (lactones) is 1. The fourth-order valence-corrected chi connectivity index (χ4v) is 7.39. The van der Waals surface area contributed by atoms with Crippen molar-refractivity contribution in [3.8, 4) is 16.6 Å². The number of thiazole rings is 1. The van der Waals surface area contributed by atoms with Crippen molar-refractivity contribution in [2.75, 3.05) is 25.5 Å². The molecule has 2 aromatic heterocycles. The summed E-state index contributed by atoms with van der Waals surface area (Å²) in [5, 5.41) is 13.5. The maximum absolute atomic E-state index is 13.8. The van der Waals surface area contributed by atoms with Crippen LogP contribution in [0.3, 0.4) is 0 Å². The quantitative estimate of drug-likeness (QED) is 0.323. The first-order valence-corrected chi connectivity index (χ1v) is 15.6. The van der Waals surface area contributed by atoms with Gasteiger partial charge >= 0.3 is 6.09 Å². The second-order valence-corrected chi connectivity index (χ2v) is 13.4. The Balaban J connectivity index is 1.43. The molecule has 1 amide bonds. The van der Waals surface area contributed by atoms with Crippen LogP contribution in [-0.4, -0.2) is 66.2 Å². The van der Waals surface area contributed by atoms with E-state index in [1.807, 2.05) is 12.1 Å². The van der Waals surface area contributed by atoms with Gasteiger partial charge in [-0.05, 0) is 56.6 Å². The Morgan fingerprint density at radius 1 is 1.21 bits per heavy atom. The number of aryl methyl sites for hydroxylation is 1. The molecule has 0 spiro atoms. The highest BCUT2D eigenvalue weighted by Gasteiger charge is 2.38. The fourth-order valence-electron chi connectivity index (χ4n) is 5.39. The van der Waals surface area contributed by atoms with Crippen LogP contribution in [0.25, 0.3) is 21.5 Å². The van der Waals surface area contributed by atoms with Crippen molar-refractivity contribution in [1.29, 1.82) is 5.26 Å². The van der Waals surface area contributed by atoms with Gasteiger partial charge in [0.05, 0.1) is 41.3 Å². The van der Waals surface area contributed by atoms with Crippen molar-refractivity contribution in [2.24, 2.45) is 0 Å². The van der Waals surface area contributed by atoms with E-state index in [1.54, 1.807) is 40.7 Å². The average Bonchev–Trinajstić information content (AvgIpc) is 3.63. The van der Waals surface area contributed by atoms with E-state index >= 15 is 0 Å². The Bertz CT molecular complexity index is 1910. The predicted molar refractivity (Wildman–Crippen MR) is 157 cm³/mol. The molecule has 0 bridgehead atoms. The summed E-state index contributed by atoms with van der Waals surface area (Å²) in [6.45, 7) is 2.93. The number of fused-ring (bicyclic) bond motifs is 2. The molecule has 42 heavy (non-hydrogen) atoms. The van der Waals surface area contributed by atoms with Gasteiger partial charge in [0.1, 0.15) is 17.4 Å². The van der Waals surface area contributed by atoms with Crippen molar-refractivity contribution < 1.29 is 17.9 Å². The van der Waals surface area contributed by atoms with Crippen LogP contribution in [0.1, 0.15) is 29.8 Å². The molecule has 0 aliphatic carbocycles. The van der Waals surface area contributed by atoms with Gasteiger partial charge < -0.3 is 15.0 Å². The van der Waals surface area contributed by atoms with E-state index in [2.05, 4.69) is 21.1 Å². The van der Waals surface area contributed by atoms with E-state index in [9.17, 15) is 18.0 Å². The van der Waals surface area contributed by atoms with E-state index in [-0.39, 0.29) is 34.5 Å². The molecule has 12 nitrogen and oxygen atoms in total. The first kappa shape index (κ1) is 27.8. The summed E-state index contributed by atoms with van der Waals surface area (Å²) in [5.74, 6) is 0.513. The molecule has 0 saturated carbocycles. The summed E-state index contributed by atoms with van der Waals surface area (Å²) in [6, 6.07) is 12.6. The van der Waals surface area contributed by atoms with Crippen molar-refractivity contribution in [2.45, 2.75) is 42.6 Å². The minimum atomic E-state index is -3.69. The highest BCUT2D eigenvalue weighted by atomic mass is 32.2. The highest BCUT2D eigenvalue weighted by molar-refractivity contribution is 7.91. The molecule has 2 N–H and O–H groups in total. The molecule has 2 atom stereocenters. The Kier molecular flexibility index (Phi) is 7.17. The lowest BCUT2D eigenvalue weighted by Crippen LogP contribution is -2.45. The molecule has 0 unspecified atom stereocenters. The third-order valence-corrected chi connectivity index (χ3v) is 10.6. The number of aromatic nitrogens is 3. The number of benzene rings is 2. The van der Waals surface area contributed by atoms with E-state index < -0.39 is 10.0 Å². The molecule has 216 valence electrons. The van der Waals surface area contributed by atoms with Gasteiger partial charge in [-0.25, -0.2) is 27.9 Å². The summed E-state index contributed by atoms with van der Waals surface area (Å²) in [6.07, 6.45) is 2.36. The zero-order chi connectivity index (χ0) is 29.6. The summed E-state index contributed by atoms with van der Waals surface area (Å²) in [5.41, 5.74) is 2.89. The van der Waals surface area contributed by atoms with Crippen molar-refractivity contribution in [1.82, 2.24) is 24.2 Å². The molecule has 0 radical (unpaired) electrons. The van der Waals surface area contributed by atoms with Crippen molar-refractivity contribution in [3.63, 3.8) is 0 Å². The first-order chi connectivity index (χ1) is 20.2. The van der Waals surface area contributed by atoms with Gasteiger partial charge in [-0.3, -0.25) is 9.36 Å². The number of nitriles is 1. The van der Waals surface area contributed by atoms with E-state index in [0.717, 1.165) is 16.9 Å². The van der Waals surface area contributed by atoms with Crippen LogP contribution in [0.15, 0.2) is 51.6 Å². The van der Waals surface area contributed by atoms with Crippen LogP contribution in [0.2, 0.25) is 0 Å². The van der Waals surface area contributed by atoms with Crippen LogP contribution in [0, 0.1) is 18.3 Å². The fraction of sp³-hybridized carbons (Fsp3) is 0.321. The number of carbonyl (C=O) groups excluding carboxylic acids is 1. The molecule has 4 aromatic rings. The van der Waals surface area contributed by atoms with Crippen LogP contribution in [0.5, 0.6) is 0 Å². The molecular weight excluding hydrogens is 578 g/mol. The smallest absolute Gasteiger partial charge is 0.410 e. The van der Waals surface area contributed by atoms with E-state index in [1.165, 1.54) is 13.2 Å². The van der Waals surface area contributed by atoms with Gasteiger partial charge in [0, 0.05) is 23.8 Å². The van der Waals surface area contributed by atoms with Crippen molar-refractivity contribution >= 4 is 44.0 Å². The van der Waals surface area contributed by atoms with Gasteiger partial charge in [-0.1, -0.05) is 12.1 Å². The number of ether oxygens (including phenoxy) is 1. The maximum atomic E-state index is 13.8. The minimum absolute atomic E-state index is 0.0169. The summed E-state index contributed by atoms with van der Waals surface area (Å²) in [4.78, 5) is 36.7. The lowest BCUT2D eigenvalue weighted by Gasteiger charge is -2.33. The molecule has 2 fully saturated rings. The van der Waals surface area contributed by atoms with Gasteiger partial charge in [-0.15, -0.1) is 11.3 Å². The number of piperidine rings is 1. The number of rotatable bonds is 7. The number of hydrogen-bond acceptors (Lipinski definition) is 10. The number of nitrogens with one attached hydrogen (secondary N) is 2. The number of anilines is 1. The van der Waals surface area contributed by atoms with Gasteiger partial charge in [0.25, 0.3) is 15.6 Å². The monoisotopic (exact) mass is 605 g/mol. The lowest BCUT2D eigenvalue weighted by atomic mass is 9.97. The molecule has 6 rings (SSSR count). The van der Waals surface area contributed by atoms with Crippen LogP contribution in [0.4, 0.5) is 10.5 Å². The lowest BCUT2D eigenvalue weighted by molar-refractivity contribution is 0.153. The zero-order valence-corrected chi connectivity index (χ0v) is 24.5. The molecular formula is C28H27N7O5S2. The first-order valence-electron chi connectivity index (χ1n) is 13.3. The SMILES string of the molecule is CNS(=O)(=O)c1cnc(-c2cc3nc(C)n(Cc4ccc(C#N)cc4)c(=O)c3cc2N[C@H]2CCN3C(=O)OC[C@@H]3C2)s1. The van der Waals surface area contributed by atoms with Gasteiger partial charge in [-0.2, -0.15) is 5.26 Å². The zero-order valence-electron chi connectivity index (χ0n) is 22.8. The molecule has 2 saturated heterocycles. The molecule has 2 aliphatic heterocycles. The number of carbonyl (C=O) groups is 1. The average molecular weight is 606 g/mol. The predicted octanol–water partition coefficient (Wildman–Crippen LogP) is 3.05. The number of amides is 1.